The number of carbonyl (C=O) groups is 1. The van der Waals surface area contributed by atoms with Gasteiger partial charge in [-0.3, -0.25) is 4.79 Å². The maximum atomic E-state index is 11.5. The number of rotatable bonds is 4. The van der Waals surface area contributed by atoms with Gasteiger partial charge in [0.15, 0.2) is 5.13 Å². The molecule has 1 aromatic heterocycles. The van der Waals surface area contributed by atoms with Gasteiger partial charge < -0.3 is 16.2 Å². The molecule has 0 spiro atoms. The number of anilines is 1. The molecule has 0 aromatic carbocycles. The second-order valence-electron chi connectivity index (χ2n) is 2.83. The Morgan fingerprint density at radius 1 is 1.86 bits per heavy atom. The highest BCUT2D eigenvalue weighted by atomic mass is 32.1. The zero-order valence-corrected chi connectivity index (χ0v) is 8.67. The molecule has 1 amide bonds. The average molecular weight is 215 g/mol. The van der Waals surface area contributed by atoms with Crippen LogP contribution in [-0.4, -0.2) is 28.6 Å². The highest BCUT2D eigenvalue weighted by Crippen LogP contribution is 2.10. The number of aromatic nitrogens is 1. The summed E-state index contributed by atoms with van der Waals surface area (Å²) in [6.07, 6.45) is 0.682. The number of amides is 1. The van der Waals surface area contributed by atoms with Crippen molar-refractivity contribution in [1.29, 1.82) is 0 Å². The number of nitrogens with zero attached hydrogens (tertiary/aromatic N) is 1. The van der Waals surface area contributed by atoms with E-state index in [4.69, 9.17) is 10.8 Å². The zero-order valence-electron chi connectivity index (χ0n) is 7.86. The Hall–Kier alpha value is -1.14. The van der Waals surface area contributed by atoms with Gasteiger partial charge >= 0.3 is 0 Å². The molecule has 6 heteroatoms. The Kier molecular flexibility index (Phi) is 3.84. The first-order valence-corrected chi connectivity index (χ1v) is 5.18. The molecule has 0 aliphatic carbocycles. The SMILES string of the molecule is CC[C@H](CO)NC(=O)c1csc(N)n1. The summed E-state index contributed by atoms with van der Waals surface area (Å²) in [4.78, 5) is 15.3. The van der Waals surface area contributed by atoms with Gasteiger partial charge in [0.05, 0.1) is 12.6 Å². The molecule has 0 fully saturated rings. The van der Waals surface area contributed by atoms with Crippen LogP contribution in [0.4, 0.5) is 5.13 Å². The lowest BCUT2D eigenvalue weighted by Crippen LogP contribution is -2.37. The van der Waals surface area contributed by atoms with Crippen molar-refractivity contribution in [3.05, 3.63) is 11.1 Å². The predicted octanol–water partition coefficient (Wildman–Crippen LogP) is 0.226. The number of thiazole rings is 1. The van der Waals surface area contributed by atoms with Crippen molar-refractivity contribution < 1.29 is 9.90 Å². The van der Waals surface area contributed by atoms with Gasteiger partial charge in [-0.1, -0.05) is 6.92 Å². The molecule has 0 radical (unpaired) electrons. The highest BCUT2D eigenvalue weighted by molar-refractivity contribution is 7.13. The van der Waals surface area contributed by atoms with Gasteiger partial charge in [0.2, 0.25) is 0 Å². The Labute approximate surface area is 86.0 Å². The average Bonchev–Trinajstić information content (AvgIpc) is 2.61. The summed E-state index contributed by atoms with van der Waals surface area (Å²) in [5, 5.41) is 13.5. The maximum Gasteiger partial charge on any atom is 0.271 e. The van der Waals surface area contributed by atoms with Gasteiger partial charge in [0, 0.05) is 5.38 Å². The molecular weight excluding hydrogens is 202 g/mol. The van der Waals surface area contributed by atoms with Crippen LogP contribution in [0.5, 0.6) is 0 Å². The smallest absolute Gasteiger partial charge is 0.271 e. The third-order valence-electron chi connectivity index (χ3n) is 1.80. The molecule has 78 valence electrons. The van der Waals surface area contributed by atoms with Crippen LogP contribution in [0.2, 0.25) is 0 Å². The number of hydrogen-bond acceptors (Lipinski definition) is 5. The van der Waals surface area contributed by atoms with Crippen molar-refractivity contribution in [3.8, 4) is 0 Å². The lowest BCUT2D eigenvalue weighted by atomic mass is 10.2. The summed E-state index contributed by atoms with van der Waals surface area (Å²) >= 11 is 1.22. The van der Waals surface area contributed by atoms with Crippen LogP contribution in [0.3, 0.4) is 0 Å². The lowest BCUT2D eigenvalue weighted by Gasteiger charge is -2.12. The molecule has 14 heavy (non-hydrogen) atoms. The summed E-state index contributed by atoms with van der Waals surface area (Å²) in [6.45, 7) is 1.82. The van der Waals surface area contributed by atoms with Crippen LogP contribution in [0.25, 0.3) is 0 Å². The van der Waals surface area contributed by atoms with E-state index < -0.39 is 0 Å². The van der Waals surface area contributed by atoms with E-state index in [0.717, 1.165) is 0 Å². The van der Waals surface area contributed by atoms with E-state index in [9.17, 15) is 4.79 Å². The van der Waals surface area contributed by atoms with E-state index in [1.54, 1.807) is 5.38 Å². The van der Waals surface area contributed by atoms with E-state index in [0.29, 0.717) is 17.2 Å². The minimum Gasteiger partial charge on any atom is -0.394 e. The summed E-state index contributed by atoms with van der Waals surface area (Å²) in [5.41, 5.74) is 5.70. The fraction of sp³-hybridized carbons (Fsp3) is 0.500. The summed E-state index contributed by atoms with van der Waals surface area (Å²) in [6, 6.07) is -0.217. The van der Waals surface area contributed by atoms with E-state index in [1.807, 2.05) is 6.92 Å². The first kappa shape index (κ1) is 10.9. The Morgan fingerprint density at radius 3 is 3.00 bits per heavy atom. The molecule has 0 saturated carbocycles. The van der Waals surface area contributed by atoms with Gasteiger partial charge in [-0.05, 0) is 6.42 Å². The van der Waals surface area contributed by atoms with Crippen molar-refractivity contribution in [2.24, 2.45) is 0 Å². The molecule has 1 heterocycles. The van der Waals surface area contributed by atoms with Crippen LogP contribution < -0.4 is 11.1 Å². The molecule has 5 nitrogen and oxygen atoms in total. The Bertz CT molecular complexity index is 309. The molecule has 1 rings (SSSR count). The monoisotopic (exact) mass is 215 g/mol. The number of nitrogens with two attached hydrogens (primary N) is 1. The first-order valence-electron chi connectivity index (χ1n) is 4.30. The highest BCUT2D eigenvalue weighted by Gasteiger charge is 2.13. The summed E-state index contributed by atoms with van der Waals surface area (Å²) in [5.74, 6) is -0.293. The fourth-order valence-electron chi connectivity index (χ4n) is 0.928. The van der Waals surface area contributed by atoms with E-state index in [-0.39, 0.29) is 18.6 Å². The first-order chi connectivity index (χ1) is 6.67. The number of hydrogen-bond donors (Lipinski definition) is 3. The van der Waals surface area contributed by atoms with Gasteiger partial charge in [0.25, 0.3) is 5.91 Å². The molecule has 0 bridgehead atoms. The predicted molar refractivity (Wildman–Crippen MR) is 55.2 cm³/mol. The molecule has 0 saturated heterocycles. The van der Waals surface area contributed by atoms with Gasteiger partial charge in [0.1, 0.15) is 5.69 Å². The number of nitrogens with one attached hydrogen (secondary N) is 1. The normalized spacial score (nSPS) is 12.4. The molecular formula is C8H13N3O2S. The van der Waals surface area contributed by atoms with Crippen molar-refractivity contribution in [3.63, 3.8) is 0 Å². The number of aliphatic hydroxyl groups excluding tert-OH is 1. The van der Waals surface area contributed by atoms with Crippen molar-refractivity contribution in [2.75, 3.05) is 12.3 Å². The van der Waals surface area contributed by atoms with Crippen molar-refractivity contribution in [2.45, 2.75) is 19.4 Å². The van der Waals surface area contributed by atoms with Crippen LogP contribution in [0.1, 0.15) is 23.8 Å². The van der Waals surface area contributed by atoms with Crippen LogP contribution in [0, 0.1) is 0 Å². The molecule has 0 unspecified atom stereocenters. The van der Waals surface area contributed by atoms with Gasteiger partial charge in [-0.15, -0.1) is 11.3 Å². The van der Waals surface area contributed by atoms with E-state index in [1.165, 1.54) is 11.3 Å². The standard InChI is InChI=1S/C8H13N3O2S/c1-2-5(3-12)10-7(13)6-4-14-8(9)11-6/h4-5,12H,2-3H2,1H3,(H2,9,11)(H,10,13)/t5-/m1/s1. The topological polar surface area (TPSA) is 88.2 Å². The zero-order chi connectivity index (χ0) is 10.6. The molecule has 4 N–H and O–H groups in total. The minimum absolute atomic E-state index is 0.0676. The number of aliphatic hydroxyl groups is 1. The number of nitrogen functional groups attached to an aromatic ring is 1. The molecule has 1 aromatic rings. The van der Waals surface area contributed by atoms with Crippen molar-refractivity contribution in [1.82, 2.24) is 10.3 Å². The van der Waals surface area contributed by atoms with E-state index >= 15 is 0 Å². The third kappa shape index (κ3) is 2.68. The van der Waals surface area contributed by atoms with Gasteiger partial charge in [-0.25, -0.2) is 4.98 Å². The summed E-state index contributed by atoms with van der Waals surface area (Å²) in [7, 11) is 0. The quantitative estimate of drug-likeness (QED) is 0.670. The lowest BCUT2D eigenvalue weighted by molar-refractivity contribution is 0.0910. The molecule has 0 aliphatic rings. The fourth-order valence-corrected chi connectivity index (χ4v) is 1.47. The summed E-state index contributed by atoms with van der Waals surface area (Å²) < 4.78 is 0. The van der Waals surface area contributed by atoms with Crippen LogP contribution in [0.15, 0.2) is 5.38 Å². The second kappa shape index (κ2) is 4.92. The number of carbonyl (C=O) groups excluding carboxylic acids is 1. The van der Waals surface area contributed by atoms with Gasteiger partial charge in [-0.2, -0.15) is 0 Å². The van der Waals surface area contributed by atoms with E-state index in [2.05, 4.69) is 10.3 Å². The third-order valence-corrected chi connectivity index (χ3v) is 2.48. The maximum absolute atomic E-state index is 11.5. The minimum atomic E-state index is -0.293. The van der Waals surface area contributed by atoms with Crippen molar-refractivity contribution >= 4 is 22.4 Å². The Morgan fingerprint density at radius 2 is 2.57 bits per heavy atom. The van der Waals surface area contributed by atoms with Crippen LogP contribution in [-0.2, 0) is 0 Å². The largest absolute Gasteiger partial charge is 0.394 e. The van der Waals surface area contributed by atoms with Crippen LogP contribution >= 0.6 is 11.3 Å². The second-order valence-corrected chi connectivity index (χ2v) is 3.72. The molecule has 1 atom stereocenters. The molecule has 0 aliphatic heterocycles. The Balaban J connectivity index is 2.58.